The summed E-state index contributed by atoms with van der Waals surface area (Å²) in [5, 5.41) is 18.5. The fourth-order valence-electron chi connectivity index (χ4n) is 1.59. The van der Waals surface area contributed by atoms with Crippen LogP contribution in [-0.2, 0) is 6.61 Å². The van der Waals surface area contributed by atoms with E-state index in [-0.39, 0.29) is 17.9 Å². The van der Waals surface area contributed by atoms with Crippen LogP contribution in [0.1, 0.15) is 15.9 Å². The molecule has 0 fully saturated rings. The van der Waals surface area contributed by atoms with E-state index in [2.05, 4.69) is 0 Å². The molecule has 5 heteroatoms. The van der Waals surface area contributed by atoms with Crippen LogP contribution < -0.4 is 4.74 Å². The van der Waals surface area contributed by atoms with Gasteiger partial charge in [-0.3, -0.25) is 0 Å². The molecule has 0 heterocycles. The summed E-state index contributed by atoms with van der Waals surface area (Å²) in [4.78, 5) is 11.1. The zero-order valence-electron chi connectivity index (χ0n) is 9.84. The van der Waals surface area contributed by atoms with E-state index in [1.807, 2.05) is 0 Å². The lowest BCUT2D eigenvalue weighted by Gasteiger charge is -2.10. The number of carboxylic acids is 1. The number of aliphatic hydroxyl groups is 1. The van der Waals surface area contributed by atoms with E-state index >= 15 is 0 Å². The number of ether oxygens (including phenoxy) is 1. The van der Waals surface area contributed by atoms with E-state index < -0.39 is 5.97 Å². The van der Waals surface area contributed by atoms with Gasteiger partial charge in [0.05, 0.1) is 6.61 Å². The van der Waals surface area contributed by atoms with Crippen LogP contribution in [-0.4, -0.2) is 16.2 Å². The van der Waals surface area contributed by atoms with Gasteiger partial charge in [0.2, 0.25) is 0 Å². The largest absolute Gasteiger partial charge is 0.478 e. The third-order valence-corrected chi connectivity index (χ3v) is 2.72. The number of halogens is 1. The van der Waals surface area contributed by atoms with Crippen LogP contribution >= 0.6 is 11.6 Å². The van der Waals surface area contributed by atoms with Crippen molar-refractivity contribution in [1.29, 1.82) is 0 Å². The summed E-state index contributed by atoms with van der Waals surface area (Å²) in [5.74, 6) is -0.489. The number of aliphatic hydroxyl groups excluding tert-OH is 1. The minimum Gasteiger partial charge on any atom is -0.478 e. The van der Waals surface area contributed by atoms with Crippen molar-refractivity contribution in [1.82, 2.24) is 0 Å². The first-order valence-electron chi connectivity index (χ1n) is 5.50. The standard InChI is InChI=1S/C14H11ClO4/c15-10-4-5-12(14(17)18)13(7-10)19-11-3-1-2-9(6-11)8-16/h1-7,16H,8H2,(H,17,18). The van der Waals surface area contributed by atoms with Crippen molar-refractivity contribution in [2.75, 3.05) is 0 Å². The molecule has 2 N–H and O–H groups in total. The molecule has 0 bridgehead atoms. The van der Waals surface area contributed by atoms with Gasteiger partial charge in [0, 0.05) is 11.1 Å². The zero-order valence-corrected chi connectivity index (χ0v) is 10.6. The molecule has 0 aliphatic rings. The highest BCUT2D eigenvalue weighted by Crippen LogP contribution is 2.29. The molecule has 98 valence electrons. The van der Waals surface area contributed by atoms with Gasteiger partial charge in [-0.15, -0.1) is 0 Å². The van der Waals surface area contributed by atoms with Crippen molar-refractivity contribution in [3.63, 3.8) is 0 Å². The van der Waals surface area contributed by atoms with Crippen LogP contribution in [0.5, 0.6) is 11.5 Å². The summed E-state index contributed by atoms with van der Waals surface area (Å²) in [6.07, 6.45) is 0. The number of aromatic carboxylic acids is 1. The summed E-state index contributed by atoms with van der Waals surface area (Å²) in [7, 11) is 0. The Bertz CT molecular complexity index is 610. The predicted molar refractivity (Wildman–Crippen MR) is 70.9 cm³/mol. The SMILES string of the molecule is O=C(O)c1ccc(Cl)cc1Oc1cccc(CO)c1. The van der Waals surface area contributed by atoms with Crippen LogP contribution in [0, 0.1) is 0 Å². The predicted octanol–water partition coefficient (Wildman–Crippen LogP) is 3.32. The number of hydrogen-bond acceptors (Lipinski definition) is 3. The van der Waals surface area contributed by atoms with E-state index in [0.717, 1.165) is 0 Å². The molecule has 0 saturated heterocycles. The van der Waals surface area contributed by atoms with Crippen molar-refractivity contribution < 1.29 is 19.7 Å². The maximum atomic E-state index is 11.1. The molecule has 0 saturated carbocycles. The molecule has 0 spiro atoms. The van der Waals surface area contributed by atoms with E-state index in [1.165, 1.54) is 18.2 Å². The molecule has 0 aliphatic heterocycles. The van der Waals surface area contributed by atoms with Crippen molar-refractivity contribution in [3.8, 4) is 11.5 Å². The Hall–Kier alpha value is -2.04. The second-order valence-electron chi connectivity index (χ2n) is 3.85. The minimum atomic E-state index is -1.09. The molecule has 4 nitrogen and oxygen atoms in total. The molecule has 0 amide bonds. The van der Waals surface area contributed by atoms with E-state index in [9.17, 15) is 4.79 Å². The molecule has 0 unspecified atom stereocenters. The summed E-state index contributed by atoms with van der Waals surface area (Å²) >= 11 is 5.83. The lowest BCUT2D eigenvalue weighted by Crippen LogP contribution is -2.00. The van der Waals surface area contributed by atoms with Gasteiger partial charge in [-0.05, 0) is 29.8 Å². The minimum absolute atomic E-state index is 0.0267. The Morgan fingerprint density at radius 2 is 2.00 bits per heavy atom. The Labute approximate surface area is 114 Å². The van der Waals surface area contributed by atoms with Gasteiger partial charge in [-0.1, -0.05) is 23.7 Å². The van der Waals surface area contributed by atoms with Crippen LogP contribution in [0.25, 0.3) is 0 Å². The third-order valence-electron chi connectivity index (χ3n) is 2.48. The second-order valence-corrected chi connectivity index (χ2v) is 4.29. The fraction of sp³-hybridized carbons (Fsp3) is 0.0714. The first-order valence-corrected chi connectivity index (χ1v) is 5.88. The highest BCUT2D eigenvalue weighted by Gasteiger charge is 2.12. The molecule has 0 atom stereocenters. The quantitative estimate of drug-likeness (QED) is 0.900. The highest BCUT2D eigenvalue weighted by atomic mass is 35.5. The number of carboxylic acid groups (broad SMARTS) is 1. The maximum absolute atomic E-state index is 11.1. The number of carbonyl (C=O) groups is 1. The van der Waals surface area contributed by atoms with Crippen LogP contribution in [0.15, 0.2) is 42.5 Å². The van der Waals surface area contributed by atoms with Gasteiger partial charge >= 0.3 is 5.97 Å². The summed E-state index contributed by atoms with van der Waals surface area (Å²) in [6.45, 7) is -0.113. The Kier molecular flexibility index (Phi) is 4.04. The molecular formula is C14H11ClO4. The Morgan fingerprint density at radius 1 is 1.21 bits per heavy atom. The van der Waals surface area contributed by atoms with Crippen LogP contribution in [0.4, 0.5) is 0 Å². The van der Waals surface area contributed by atoms with E-state index in [0.29, 0.717) is 16.3 Å². The van der Waals surface area contributed by atoms with Crippen LogP contribution in [0.3, 0.4) is 0 Å². The smallest absolute Gasteiger partial charge is 0.339 e. The van der Waals surface area contributed by atoms with Crippen LogP contribution in [0.2, 0.25) is 5.02 Å². The van der Waals surface area contributed by atoms with E-state index in [1.54, 1.807) is 24.3 Å². The average Bonchev–Trinajstić information content (AvgIpc) is 2.38. The lowest BCUT2D eigenvalue weighted by atomic mass is 10.2. The molecule has 19 heavy (non-hydrogen) atoms. The molecule has 0 radical (unpaired) electrons. The Morgan fingerprint density at radius 3 is 2.68 bits per heavy atom. The highest BCUT2D eigenvalue weighted by molar-refractivity contribution is 6.30. The van der Waals surface area contributed by atoms with Gasteiger partial charge in [0.1, 0.15) is 17.1 Å². The molecule has 2 aromatic carbocycles. The average molecular weight is 279 g/mol. The summed E-state index contributed by atoms with van der Waals surface area (Å²) in [6, 6.07) is 11.1. The van der Waals surface area contributed by atoms with Crippen molar-refractivity contribution in [3.05, 3.63) is 58.6 Å². The van der Waals surface area contributed by atoms with Crippen molar-refractivity contribution in [2.24, 2.45) is 0 Å². The first kappa shape index (κ1) is 13.4. The number of benzene rings is 2. The molecule has 2 aromatic rings. The molecular weight excluding hydrogens is 268 g/mol. The van der Waals surface area contributed by atoms with Gasteiger partial charge in [0.25, 0.3) is 0 Å². The molecule has 0 aliphatic carbocycles. The van der Waals surface area contributed by atoms with Gasteiger partial charge < -0.3 is 14.9 Å². The number of rotatable bonds is 4. The summed E-state index contributed by atoms with van der Waals surface area (Å²) < 4.78 is 5.52. The topological polar surface area (TPSA) is 66.8 Å². The second kappa shape index (κ2) is 5.73. The maximum Gasteiger partial charge on any atom is 0.339 e. The summed E-state index contributed by atoms with van der Waals surface area (Å²) in [5.41, 5.74) is 0.704. The van der Waals surface area contributed by atoms with Crippen molar-refractivity contribution >= 4 is 17.6 Å². The zero-order chi connectivity index (χ0) is 13.8. The Balaban J connectivity index is 2.36. The first-order chi connectivity index (χ1) is 9.10. The fourth-order valence-corrected chi connectivity index (χ4v) is 1.75. The lowest BCUT2D eigenvalue weighted by molar-refractivity contribution is 0.0694. The number of hydrogen-bond donors (Lipinski definition) is 2. The van der Waals surface area contributed by atoms with Crippen molar-refractivity contribution in [2.45, 2.75) is 6.61 Å². The molecule has 0 aromatic heterocycles. The van der Waals surface area contributed by atoms with Gasteiger partial charge in [0.15, 0.2) is 0 Å². The van der Waals surface area contributed by atoms with Gasteiger partial charge in [-0.2, -0.15) is 0 Å². The normalized spacial score (nSPS) is 10.2. The van der Waals surface area contributed by atoms with Gasteiger partial charge in [-0.25, -0.2) is 4.79 Å². The third kappa shape index (κ3) is 3.24. The van der Waals surface area contributed by atoms with E-state index in [4.69, 9.17) is 26.6 Å². The molecule has 2 rings (SSSR count). The monoisotopic (exact) mass is 278 g/mol.